The van der Waals surface area contributed by atoms with Gasteiger partial charge in [0.25, 0.3) is 0 Å². The number of carbonyl (C=O) groups excluding carboxylic acids is 1. The standard InChI is InChI=1S/C28H33F3N2O3/c1-3-35-27(34)26-20(2)33(19-21-8-10-22(11-9-21)28(29,30)31)25-13-12-23(18-24(25)26)36-17-7-16-32-14-5-4-6-15-32/h8-13,18H,3-7,14-17,19H2,1-2H3. The molecular weight excluding hydrogens is 469 g/mol. The van der Waals surface area contributed by atoms with Gasteiger partial charge in [-0.15, -0.1) is 0 Å². The Hall–Kier alpha value is -3.00. The van der Waals surface area contributed by atoms with E-state index >= 15 is 0 Å². The number of aromatic nitrogens is 1. The van der Waals surface area contributed by atoms with Gasteiger partial charge in [0.1, 0.15) is 5.75 Å². The topological polar surface area (TPSA) is 43.7 Å². The van der Waals surface area contributed by atoms with Gasteiger partial charge in [0, 0.05) is 29.7 Å². The summed E-state index contributed by atoms with van der Waals surface area (Å²) < 4.78 is 52.1. The molecule has 2 heterocycles. The normalized spacial score (nSPS) is 14.8. The molecular formula is C28H33F3N2O3. The lowest BCUT2D eigenvalue weighted by Gasteiger charge is -2.26. The molecule has 0 spiro atoms. The molecule has 0 aliphatic carbocycles. The maximum absolute atomic E-state index is 13.0. The van der Waals surface area contributed by atoms with Crippen LogP contribution in [0, 0.1) is 6.92 Å². The summed E-state index contributed by atoms with van der Waals surface area (Å²) in [6.07, 6.45) is 0.383. The van der Waals surface area contributed by atoms with E-state index in [9.17, 15) is 18.0 Å². The highest BCUT2D eigenvalue weighted by atomic mass is 19.4. The SMILES string of the molecule is CCOC(=O)c1c(C)n(Cc2ccc(C(F)(F)F)cc2)c2ccc(OCCCN3CCCCC3)cc12. The van der Waals surface area contributed by atoms with Crippen molar-refractivity contribution in [3.05, 3.63) is 64.8 Å². The number of alkyl halides is 3. The van der Waals surface area contributed by atoms with E-state index in [1.807, 2.05) is 29.7 Å². The molecule has 0 N–H and O–H groups in total. The number of hydrogen-bond acceptors (Lipinski definition) is 4. The van der Waals surface area contributed by atoms with Gasteiger partial charge >= 0.3 is 12.1 Å². The Morgan fingerprint density at radius 2 is 1.75 bits per heavy atom. The molecule has 5 nitrogen and oxygen atoms in total. The van der Waals surface area contributed by atoms with Crippen LogP contribution >= 0.6 is 0 Å². The van der Waals surface area contributed by atoms with E-state index in [0.29, 0.717) is 41.1 Å². The zero-order valence-corrected chi connectivity index (χ0v) is 20.9. The van der Waals surface area contributed by atoms with E-state index < -0.39 is 17.7 Å². The summed E-state index contributed by atoms with van der Waals surface area (Å²) >= 11 is 0. The van der Waals surface area contributed by atoms with Gasteiger partial charge < -0.3 is 18.9 Å². The second-order valence-corrected chi connectivity index (χ2v) is 9.24. The monoisotopic (exact) mass is 502 g/mol. The molecule has 1 aromatic heterocycles. The Bertz CT molecular complexity index is 1180. The van der Waals surface area contributed by atoms with E-state index in [2.05, 4.69) is 4.90 Å². The van der Waals surface area contributed by atoms with Gasteiger partial charge in [-0.25, -0.2) is 4.79 Å². The average molecular weight is 503 g/mol. The predicted molar refractivity (Wildman–Crippen MR) is 134 cm³/mol. The van der Waals surface area contributed by atoms with Crippen molar-refractivity contribution in [1.29, 1.82) is 0 Å². The van der Waals surface area contributed by atoms with Crippen LogP contribution in [0.2, 0.25) is 0 Å². The van der Waals surface area contributed by atoms with Crippen molar-refractivity contribution in [3.8, 4) is 5.75 Å². The predicted octanol–water partition coefficient (Wildman–Crippen LogP) is 6.45. The third-order valence-corrected chi connectivity index (χ3v) is 6.73. The molecule has 0 atom stereocenters. The number of nitrogens with zero attached hydrogens (tertiary/aromatic N) is 2. The number of fused-ring (bicyclic) bond motifs is 1. The van der Waals surface area contributed by atoms with Crippen LogP contribution in [-0.4, -0.2) is 48.3 Å². The molecule has 3 aromatic rings. The highest BCUT2D eigenvalue weighted by Gasteiger charge is 2.30. The lowest BCUT2D eigenvalue weighted by Crippen LogP contribution is -2.31. The van der Waals surface area contributed by atoms with Crippen molar-refractivity contribution in [1.82, 2.24) is 9.47 Å². The van der Waals surface area contributed by atoms with Crippen molar-refractivity contribution >= 4 is 16.9 Å². The van der Waals surface area contributed by atoms with Crippen molar-refractivity contribution in [3.63, 3.8) is 0 Å². The molecule has 0 saturated carbocycles. The lowest BCUT2D eigenvalue weighted by atomic mass is 10.1. The number of carbonyl (C=O) groups is 1. The molecule has 0 unspecified atom stereocenters. The summed E-state index contributed by atoms with van der Waals surface area (Å²) in [5, 5.41) is 0.714. The van der Waals surface area contributed by atoms with Crippen LogP contribution in [-0.2, 0) is 17.5 Å². The highest BCUT2D eigenvalue weighted by molar-refractivity contribution is 6.06. The van der Waals surface area contributed by atoms with E-state index in [4.69, 9.17) is 9.47 Å². The molecule has 8 heteroatoms. The van der Waals surface area contributed by atoms with Crippen LogP contribution in [0.3, 0.4) is 0 Å². The number of likely N-dealkylation sites (tertiary alicyclic amines) is 1. The summed E-state index contributed by atoms with van der Waals surface area (Å²) in [4.78, 5) is 15.3. The molecule has 36 heavy (non-hydrogen) atoms. The van der Waals surface area contributed by atoms with E-state index in [1.54, 1.807) is 6.92 Å². The molecule has 194 valence electrons. The first-order chi connectivity index (χ1) is 17.3. The van der Waals surface area contributed by atoms with Crippen molar-refractivity contribution < 1.29 is 27.4 Å². The summed E-state index contributed by atoms with van der Waals surface area (Å²) in [7, 11) is 0. The molecule has 2 aromatic carbocycles. The first kappa shape index (κ1) is 26.1. The average Bonchev–Trinajstić information content (AvgIpc) is 3.13. The maximum atomic E-state index is 13.0. The first-order valence-corrected chi connectivity index (χ1v) is 12.6. The zero-order chi connectivity index (χ0) is 25.7. The van der Waals surface area contributed by atoms with Gasteiger partial charge in [-0.2, -0.15) is 13.2 Å². The second-order valence-electron chi connectivity index (χ2n) is 9.24. The minimum Gasteiger partial charge on any atom is -0.494 e. The largest absolute Gasteiger partial charge is 0.494 e. The van der Waals surface area contributed by atoms with Gasteiger partial charge in [-0.05, 0) is 82.1 Å². The van der Waals surface area contributed by atoms with Crippen LogP contribution in [0.5, 0.6) is 5.75 Å². The number of benzene rings is 2. The van der Waals surface area contributed by atoms with Gasteiger partial charge in [-0.1, -0.05) is 18.6 Å². The zero-order valence-electron chi connectivity index (χ0n) is 20.9. The Balaban J connectivity index is 1.55. The van der Waals surface area contributed by atoms with Gasteiger partial charge in [-0.3, -0.25) is 0 Å². The van der Waals surface area contributed by atoms with Crippen LogP contribution < -0.4 is 4.74 Å². The summed E-state index contributed by atoms with van der Waals surface area (Å²) in [6.45, 7) is 8.07. The highest BCUT2D eigenvalue weighted by Crippen LogP contribution is 2.32. The minimum absolute atomic E-state index is 0.247. The fourth-order valence-electron chi connectivity index (χ4n) is 4.86. The van der Waals surface area contributed by atoms with Gasteiger partial charge in [0.2, 0.25) is 0 Å². The molecule has 1 saturated heterocycles. The van der Waals surface area contributed by atoms with Crippen LogP contribution in [0.25, 0.3) is 10.9 Å². The molecule has 1 aliphatic heterocycles. The number of rotatable bonds is 9. The van der Waals surface area contributed by atoms with E-state index in [0.717, 1.165) is 43.7 Å². The van der Waals surface area contributed by atoms with Gasteiger partial charge in [0.05, 0.1) is 24.3 Å². The fourth-order valence-corrected chi connectivity index (χ4v) is 4.86. The molecule has 0 radical (unpaired) electrons. The second kappa shape index (κ2) is 11.4. The van der Waals surface area contributed by atoms with Crippen LogP contribution in [0.1, 0.15) is 59.8 Å². The molecule has 4 rings (SSSR count). The number of piperidine rings is 1. The smallest absolute Gasteiger partial charge is 0.416 e. The van der Waals surface area contributed by atoms with Crippen molar-refractivity contribution in [2.45, 2.75) is 52.3 Å². The Morgan fingerprint density at radius 1 is 1.03 bits per heavy atom. The summed E-state index contributed by atoms with van der Waals surface area (Å²) in [5.41, 5.74) is 1.98. The summed E-state index contributed by atoms with van der Waals surface area (Å²) in [6, 6.07) is 10.7. The number of hydrogen-bond donors (Lipinski definition) is 0. The minimum atomic E-state index is -4.38. The lowest BCUT2D eigenvalue weighted by molar-refractivity contribution is -0.137. The fraction of sp³-hybridized carbons (Fsp3) is 0.464. The number of esters is 1. The Morgan fingerprint density at radius 3 is 2.42 bits per heavy atom. The van der Waals surface area contributed by atoms with Crippen molar-refractivity contribution in [2.75, 3.05) is 32.8 Å². The van der Waals surface area contributed by atoms with Crippen LogP contribution in [0.4, 0.5) is 13.2 Å². The Kier molecular flexibility index (Phi) is 8.24. The summed E-state index contributed by atoms with van der Waals surface area (Å²) in [5.74, 6) is 0.256. The quantitative estimate of drug-likeness (QED) is 0.249. The van der Waals surface area contributed by atoms with E-state index in [-0.39, 0.29) is 6.61 Å². The molecule has 0 bridgehead atoms. The third-order valence-electron chi connectivity index (χ3n) is 6.73. The van der Waals surface area contributed by atoms with Crippen molar-refractivity contribution in [2.24, 2.45) is 0 Å². The first-order valence-electron chi connectivity index (χ1n) is 12.6. The Labute approximate surface area is 209 Å². The molecule has 0 amide bonds. The maximum Gasteiger partial charge on any atom is 0.416 e. The van der Waals surface area contributed by atoms with Gasteiger partial charge in [0.15, 0.2) is 0 Å². The molecule has 1 aliphatic rings. The van der Waals surface area contributed by atoms with E-state index in [1.165, 1.54) is 31.4 Å². The number of halogens is 3. The number of ether oxygens (including phenoxy) is 2. The third kappa shape index (κ3) is 6.03. The molecule has 1 fully saturated rings. The van der Waals surface area contributed by atoms with Crippen LogP contribution in [0.15, 0.2) is 42.5 Å².